The number of rotatable bonds is 12. The van der Waals surface area contributed by atoms with Gasteiger partial charge in [0, 0.05) is 42.7 Å². The predicted octanol–water partition coefficient (Wildman–Crippen LogP) is 3.57. The standard InChI is InChI=1S/C27H31N5O3S/c1-31(2)18-23-8-9-24(35-23)19-36-13-11-28-27-29-16-22(26(34)30-27)14-21-10-12-32(25(33)15-21)17-20-6-4-3-5-7-20/h3-10,12,15-16H,11,13-14,17-19H2,1-2H3,(H2,28,29,30,34). The summed E-state index contributed by atoms with van der Waals surface area (Å²) in [5.74, 6) is 4.00. The molecule has 8 nitrogen and oxygen atoms in total. The van der Waals surface area contributed by atoms with Crippen molar-refractivity contribution in [1.82, 2.24) is 19.4 Å². The van der Waals surface area contributed by atoms with E-state index in [0.717, 1.165) is 40.7 Å². The summed E-state index contributed by atoms with van der Waals surface area (Å²) in [4.78, 5) is 34.3. The van der Waals surface area contributed by atoms with Crippen molar-refractivity contribution in [2.24, 2.45) is 0 Å². The Labute approximate surface area is 214 Å². The molecule has 3 aromatic heterocycles. The number of H-pyrrole nitrogens is 1. The lowest BCUT2D eigenvalue weighted by atomic mass is 10.1. The smallest absolute Gasteiger partial charge is 0.255 e. The summed E-state index contributed by atoms with van der Waals surface area (Å²) in [7, 11) is 4.03. The number of pyridine rings is 1. The summed E-state index contributed by atoms with van der Waals surface area (Å²) in [6.45, 7) is 1.97. The molecular formula is C27H31N5O3S. The molecule has 9 heteroatoms. The topological polar surface area (TPSA) is 96.2 Å². The van der Waals surface area contributed by atoms with Crippen LogP contribution in [0.4, 0.5) is 5.95 Å². The van der Waals surface area contributed by atoms with Crippen LogP contribution in [-0.2, 0) is 25.3 Å². The zero-order valence-electron chi connectivity index (χ0n) is 20.6. The Bertz CT molecular complexity index is 1380. The average Bonchev–Trinajstić information content (AvgIpc) is 3.29. The highest BCUT2D eigenvalue weighted by Crippen LogP contribution is 2.16. The lowest BCUT2D eigenvalue weighted by molar-refractivity contribution is 0.344. The number of benzene rings is 1. The molecular weight excluding hydrogens is 474 g/mol. The van der Waals surface area contributed by atoms with Crippen LogP contribution in [0.25, 0.3) is 0 Å². The Morgan fingerprint density at radius 1 is 1.06 bits per heavy atom. The van der Waals surface area contributed by atoms with Gasteiger partial charge in [-0.15, -0.1) is 0 Å². The fourth-order valence-electron chi connectivity index (χ4n) is 3.74. The van der Waals surface area contributed by atoms with Crippen LogP contribution in [0, 0.1) is 0 Å². The first-order chi connectivity index (χ1) is 17.5. The first kappa shape index (κ1) is 25.5. The van der Waals surface area contributed by atoms with Crippen LogP contribution in [0.15, 0.2) is 81.0 Å². The van der Waals surface area contributed by atoms with Crippen molar-refractivity contribution in [2.45, 2.75) is 25.3 Å². The third-order valence-corrected chi connectivity index (χ3v) is 6.48. The van der Waals surface area contributed by atoms with E-state index < -0.39 is 0 Å². The number of aromatic amines is 1. The van der Waals surface area contributed by atoms with E-state index in [9.17, 15) is 9.59 Å². The lowest BCUT2D eigenvalue weighted by Gasteiger charge is -2.08. The molecule has 0 bridgehead atoms. The minimum Gasteiger partial charge on any atom is -0.464 e. The Morgan fingerprint density at radius 2 is 1.86 bits per heavy atom. The molecule has 4 aromatic rings. The molecule has 0 aliphatic rings. The molecule has 0 fully saturated rings. The molecule has 0 spiro atoms. The molecule has 4 rings (SSSR count). The zero-order valence-corrected chi connectivity index (χ0v) is 21.4. The molecule has 188 valence electrons. The second kappa shape index (κ2) is 12.4. The number of hydrogen-bond acceptors (Lipinski definition) is 7. The molecule has 0 saturated heterocycles. The van der Waals surface area contributed by atoms with E-state index in [1.807, 2.05) is 62.6 Å². The van der Waals surface area contributed by atoms with Crippen LogP contribution >= 0.6 is 11.8 Å². The van der Waals surface area contributed by atoms with Gasteiger partial charge < -0.3 is 19.2 Å². The van der Waals surface area contributed by atoms with Gasteiger partial charge in [0.1, 0.15) is 11.5 Å². The van der Waals surface area contributed by atoms with E-state index in [4.69, 9.17) is 4.42 Å². The third kappa shape index (κ3) is 7.47. The van der Waals surface area contributed by atoms with Crippen LogP contribution < -0.4 is 16.4 Å². The Kier molecular flexibility index (Phi) is 8.80. The van der Waals surface area contributed by atoms with E-state index in [0.29, 0.717) is 31.0 Å². The van der Waals surface area contributed by atoms with Crippen molar-refractivity contribution in [1.29, 1.82) is 0 Å². The molecule has 3 heterocycles. The highest BCUT2D eigenvalue weighted by Gasteiger charge is 2.07. The lowest BCUT2D eigenvalue weighted by Crippen LogP contribution is -2.21. The van der Waals surface area contributed by atoms with E-state index >= 15 is 0 Å². The first-order valence-corrected chi connectivity index (χ1v) is 13.0. The number of aromatic nitrogens is 3. The van der Waals surface area contributed by atoms with Gasteiger partial charge in [-0.25, -0.2) is 4.98 Å². The van der Waals surface area contributed by atoms with Crippen molar-refractivity contribution in [3.05, 3.63) is 116 Å². The van der Waals surface area contributed by atoms with E-state index in [-0.39, 0.29) is 11.1 Å². The fraction of sp³-hybridized carbons (Fsp3) is 0.296. The van der Waals surface area contributed by atoms with Gasteiger partial charge in [-0.1, -0.05) is 30.3 Å². The van der Waals surface area contributed by atoms with Gasteiger partial charge in [-0.2, -0.15) is 11.8 Å². The van der Waals surface area contributed by atoms with Crippen LogP contribution in [0.5, 0.6) is 0 Å². The van der Waals surface area contributed by atoms with E-state index in [1.165, 1.54) is 0 Å². The monoisotopic (exact) mass is 505 g/mol. The third-order valence-electron chi connectivity index (χ3n) is 5.50. The fourth-order valence-corrected chi connectivity index (χ4v) is 4.48. The van der Waals surface area contributed by atoms with Gasteiger partial charge in [0.15, 0.2) is 0 Å². The number of thioether (sulfide) groups is 1. The maximum absolute atomic E-state index is 12.6. The number of anilines is 1. The second-order valence-electron chi connectivity index (χ2n) is 8.83. The normalized spacial score (nSPS) is 11.2. The molecule has 0 aliphatic heterocycles. The molecule has 1 aromatic carbocycles. The van der Waals surface area contributed by atoms with Crippen LogP contribution in [0.1, 0.15) is 28.2 Å². The summed E-state index contributed by atoms with van der Waals surface area (Å²) in [6, 6.07) is 17.3. The Hall–Kier alpha value is -3.56. The van der Waals surface area contributed by atoms with Crippen LogP contribution in [0.3, 0.4) is 0 Å². The van der Waals surface area contributed by atoms with Gasteiger partial charge >= 0.3 is 0 Å². The molecule has 0 radical (unpaired) electrons. The average molecular weight is 506 g/mol. The van der Waals surface area contributed by atoms with Crippen molar-refractivity contribution >= 4 is 17.7 Å². The second-order valence-corrected chi connectivity index (χ2v) is 9.94. The van der Waals surface area contributed by atoms with Crippen LogP contribution in [-0.4, -0.2) is 45.8 Å². The van der Waals surface area contributed by atoms with Gasteiger partial charge in [0.05, 0.1) is 18.8 Å². The van der Waals surface area contributed by atoms with Crippen molar-refractivity contribution in [3.63, 3.8) is 0 Å². The molecule has 36 heavy (non-hydrogen) atoms. The molecule has 0 aliphatic carbocycles. The largest absolute Gasteiger partial charge is 0.464 e. The Balaban J connectivity index is 1.24. The number of furan rings is 1. The van der Waals surface area contributed by atoms with Crippen molar-refractivity contribution in [2.75, 3.05) is 31.7 Å². The van der Waals surface area contributed by atoms with E-state index in [2.05, 4.69) is 20.2 Å². The summed E-state index contributed by atoms with van der Waals surface area (Å²) >= 11 is 1.75. The SMILES string of the molecule is CN(C)Cc1ccc(CSCCNc2ncc(Cc3ccn(Cc4ccccc4)c(=O)c3)c(=O)[nH]2)o1. The molecule has 0 unspecified atom stereocenters. The maximum atomic E-state index is 12.6. The summed E-state index contributed by atoms with van der Waals surface area (Å²) < 4.78 is 7.47. The van der Waals surface area contributed by atoms with Gasteiger partial charge in [0.2, 0.25) is 5.95 Å². The molecule has 0 atom stereocenters. The van der Waals surface area contributed by atoms with Gasteiger partial charge in [-0.3, -0.25) is 14.6 Å². The first-order valence-electron chi connectivity index (χ1n) is 11.8. The quantitative estimate of drug-likeness (QED) is 0.284. The maximum Gasteiger partial charge on any atom is 0.255 e. The van der Waals surface area contributed by atoms with Gasteiger partial charge in [0.25, 0.3) is 11.1 Å². The number of nitrogens with one attached hydrogen (secondary N) is 2. The molecule has 0 saturated carbocycles. The summed E-state index contributed by atoms with van der Waals surface area (Å²) in [5, 5.41) is 3.16. The summed E-state index contributed by atoms with van der Waals surface area (Å²) in [5.41, 5.74) is 2.05. The Morgan fingerprint density at radius 3 is 2.61 bits per heavy atom. The number of nitrogens with zero attached hydrogens (tertiary/aromatic N) is 3. The zero-order chi connectivity index (χ0) is 25.3. The van der Waals surface area contributed by atoms with Gasteiger partial charge in [-0.05, 0) is 43.4 Å². The minimum absolute atomic E-state index is 0.0972. The highest BCUT2D eigenvalue weighted by molar-refractivity contribution is 7.98. The molecule has 0 amide bonds. The molecule has 2 N–H and O–H groups in total. The number of hydrogen-bond donors (Lipinski definition) is 2. The highest BCUT2D eigenvalue weighted by atomic mass is 32.2. The minimum atomic E-state index is -0.211. The predicted molar refractivity (Wildman–Crippen MR) is 145 cm³/mol. The van der Waals surface area contributed by atoms with Crippen molar-refractivity contribution in [3.8, 4) is 0 Å². The van der Waals surface area contributed by atoms with Crippen LogP contribution in [0.2, 0.25) is 0 Å². The van der Waals surface area contributed by atoms with E-state index in [1.54, 1.807) is 34.8 Å². The summed E-state index contributed by atoms with van der Waals surface area (Å²) in [6.07, 6.45) is 3.68. The van der Waals surface area contributed by atoms with Crippen molar-refractivity contribution < 1.29 is 4.42 Å².